The minimum atomic E-state index is 0.518. The van der Waals surface area contributed by atoms with E-state index in [4.69, 9.17) is 9.47 Å². The van der Waals surface area contributed by atoms with Crippen molar-refractivity contribution in [1.29, 1.82) is 0 Å². The highest BCUT2D eigenvalue weighted by molar-refractivity contribution is 4.67. The zero-order chi connectivity index (χ0) is 11.6. The quantitative estimate of drug-likeness (QED) is 0.592. The van der Waals surface area contributed by atoms with Gasteiger partial charge in [0, 0.05) is 39.9 Å². The third kappa shape index (κ3) is 6.43. The Bertz CT molecular complexity index is 161. The molecule has 0 aromatic rings. The smallest absolute Gasteiger partial charge is 0.0588 e. The van der Waals surface area contributed by atoms with Gasteiger partial charge in [-0.15, -0.1) is 0 Å². The molecular formula is C12H26N2O2. The molecule has 0 radical (unpaired) electrons. The summed E-state index contributed by atoms with van der Waals surface area (Å²) in [4.78, 5) is 2.36. The first-order valence-corrected chi connectivity index (χ1v) is 6.32. The summed E-state index contributed by atoms with van der Waals surface area (Å²) >= 11 is 0. The number of nitrogens with one attached hydrogen (secondary N) is 1. The summed E-state index contributed by atoms with van der Waals surface area (Å²) in [6, 6.07) is 0. The molecule has 0 aliphatic carbocycles. The Kier molecular flexibility index (Phi) is 7.76. The summed E-state index contributed by atoms with van der Waals surface area (Å²) in [7, 11) is 3.91. The van der Waals surface area contributed by atoms with Crippen molar-refractivity contribution in [3.63, 3.8) is 0 Å². The van der Waals surface area contributed by atoms with Crippen LogP contribution < -0.4 is 5.32 Å². The van der Waals surface area contributed by atoms with Crippen molar-refractivity contribution in [1.82, 2.24) is 10.2 Å². The molecule has 0 amide bonds. The second-order valence-corrected chi connectivity index (χ2v) is 4.47. The van der Waals surface area contributed by atoms with Crippen LogP contribution in [0, 0.1) is 0 Å². The molecule has 0 spiro atoms. The van der Waals surface area contributed by atoms with E-state index >= 15 is 0 Å². The van der Waals surface area contributed by atoms with Gasteiger partial charge in [0.2, 0.25) is 0 Å². The molecule has 1 unspecified atom stereocenters. The highest BCUT2D eigenvalue weighted by atomic mass is 16.5. The van der Waals surface area contributed by atoms with Crippen molar-refractivity contribution >= 4 is 0 Å². The van der Waals surface area contributed by atoms with E-state index in [1.165, 1.54) is 19.3 Å². The normalized spacial score (nSPS) is 20.8. The van der Waals surface area contributed by atoms with Gasteiger partial charge >= 0.3 is 0 Å². The first-order chi connectivity index (χ1) is 7.83. The Morgan fingerprint density at radius 1 is 1.38 bits per heavy atom. The number of hydrogen-bond donors (Lipinski definition) is 1. The molecule has 96 valence electrons. The van der Waals surface area contributed by atoms with Crippen LogP contribution in [0.3, 0.4) is 0 Å². The van der Waals surface area contributed by atoms with Crippen molar-refractivity contribution in [2.45, 2.75) is 25.4 Å². The first-order valence-electron chi connectivity index (χ1n) is 6.32. The van der Waals surface area contributed by atoms with Crippen LogP contribution in [0.15, 0.2) is 0 Å². The molecule has 1 aliphatic rings. The molecule has 0 aromatic heterocycles. The third-order valence-electron chi connectivity index (χ3n) is 3.01. The molecule has 0 bridgehead atoms. The van der Waals surface area contributed by atoms with Crippen molar-refractivity contribution in [3.8, 4) is 0 Å². The average molecular weight is 230 g/mol. The Morgan fingerprint density at radius 2 is 2.25 bits per heavy atom. The number of nitrogens with zero attached hydrogens (tertiary/aromatic N) is 1. The number of ether oxygens (including phenoxy) is 2. The van der Waals surface area contributed by atoms with Crippen LogP contribution in [-0.2, 0) is 9.47 Å². The number of rotatable bonds is 9. The lowest BCUT2D eigenvalue weighted by Gasteiger charge is -2.18. The van der Waals surface area contributed by atoms with Crippen LogP contribution in [0.4, 0.5) is 0 Å². The van der Waals surface area contributed by atoms with Crippen LogP contribution in [-0.4, -0.2) is 64.6 Å². The van der Waals surface area contributed by atoms with E-state index in [1.54, 1.807) is 7.11 Å². The topological polar surface area (TPSA) is 33.7 Å². The van der Waals surface area contributed by atoms with Crippen LogP contribution in [0.1, 0.15) is 19.3 Å². The van der Waals surface area contributed by atoms with Crippen LogP contribution in [0.2, 0.25) is 0 Å². The standard InChI is InChI=1S/C12H26N2O2/c1-14(9-6-13-7-11-15-2)8-5-12-4-3-10-16-12/h12-13H,3-11H2,1-2H3. The van der Waals surface area contributed by atoms with E-state index in [1.807, 2.05) is 0 Å². The van der Waals surface area contributed by atoms with Gasteiger partial charge in [-0.1, -0.05) is 0 Å². The Labute approximate surface area is 99.3 Å². The molecule has 4 heteroatoms. The molecule has 1 saturated heterocycles. The van der Waals surface area contributed by atoms with Gasteiger partial charge in [-0.3, -0.25) is 0 Å². The zero-order valence-corrected chi connectivity index (χ0v) is 10.7. The van der Waals surface area contributed by atoms with E-state index in [2.05, 4.69) is 17.3 Å². The highest BCUT2D eigenvalue weighted by Crippen LogP contribution is 2.15. The summed E-state index contributed by atoms with van der Waals surface area (Å²) in [6.45, 7) is 5.96. The number of hydrogen-bond acceptors (Lipinski definition) is 4. The predicted molar refractivity (Wildman–Crippen MR) is 65.8 cm³/mol. The number of likely N-dealkylation sites (N-methyl/N-ethyl adjacent to an activating group) is 1. The molecule has 4 nitrogen and oxygen atoms in total. The summed E-state index contributed by atoms with van der Waals surface area (Å²) in [5.74, 6) is 0. The van der Waals surface area contributed by atoms with Gasteiger partial charge in [0.1, 0.15) is 0 Å². The lowest BCUT2D eigenvalue weighted by atomic mass is 10.2. The molecule has 1 fully saturated rings. The fraction of sp³-hybridized carbons (Fsp3) is 1.00. The van der Waals surface area contributed by atoms with Crippen molar-refractivity contribution in [3.05, 3.63) is 0 Å². The fourth-order valence-electron chi connectivity index (χ4n) is 1.92. The van der Waals surface area contributed by atoms with E-state index in [9.17, 15) is 0 Å². The van der Waals surface area contributed by atoms with Gasteiger partial charge in [-0.2, -0.15) is 0 Å². The van der Waals surface area contributed by atoms with Gasteiger partial charge in [0.15, 0.2) is 0 Å². The minimum absolute atomic E-state index is 0.518. The monoisotopic (exact) mass is 230 g/mol. The molecular weight excluding hydrogens is 204 g/mol. The van der Waals surface area contributed by atoms with E-state index < -0.39 is 0 Å². The second-order valence-electron chi connectivity index (χ2n) is 4.47. The second kappa shape index (κ2) is 8.93. The van der Waals surface area contributed by atoms with E-state index in [0.29, 0.717) is 6.10 Å². The van der Waals surface area contributed by atoms with Crippen molar-refractivity contribution in [2.24, 2.45) is 0 Å². The van der Waals surface area contributed by atoms with Crippen LogP contribution >= 0.6 is 0 Å². The Balaban J connectivity index is 1.87. The maximum Gasteiger partial charge on any atom is 0.0588 e. The molecule has 16 heavy (non-hydrogen) atoms. The van der Waals surface area contributed by atoms with Gasteiger partial charge < -0.3 is 19.7 Å². The Morgan fingerprint density at radius 3 is 2.94 bits per heavy atom. The Hall–Kier alpha value is -0.160. The molecule has 1 aliphatic heterocycles. The maximum atomic E-state index is 5.60. The summed E-state index contributed by atoms with van der Waals surface area (Å²) in [5.41, 5.74) is 0. The molecule has 1 N–H and O–H groups in total. The third-order valence-corrected chi connectivity index (χ3v) is 3.01. The molecule has 1 atom stereocenters. The maximum absolute atomic E-state index is 5.60. The fourth-order valence-corrected chi connectivity index (χ4v) is 1.92. The summed E-state index contributed by atoms with van der Waals surface area (Å²) in [5, 5.41) is 3.35. The van der Waals surface area contributed by atoms with E-state index in [-0.39, 0.29) is 0 Å². The van der Waals surface area contributed by atoms with Gasteiger partial charge in [0.25, 0.3) is 0 Å². The van der Waals surface area contributed by atoms with Crippen LogP contribution in [0.5, 0.6) is 0 Å². The van der Waals surface area contributed by atoms with Crippen LogP contribution in [0.25, 0.3) is 0 Å². The molecule has 0 aromatic carbocycles. The highest BCUT2D eigenvalue weighted by Gasteiger charge is 2.15. The van der Waals surface area contributed by atoms with Gasteiger partial charge in [0.05, 0.1) is 12.7 Å². The summed E-state index contributed by atoms with van der Waals surface area (Å²) < 4.78 is 10.6. The lowest BCUT2D eigenvalue weighted by molar-refractivity contribution is 0.0951. The largest absolute Gasteiger partial charge is 0.383 e. The average Bonchev–Trinajstić information content (AvgIpc) is 2.79. The summed E-state index contributed by atoms with van der Waals surface area (Å²) in [6.07, 6.45) is 4.19. The zero-order valence-electron chi connectivity index (χ0n) is 10.7. The minimum Gasteiger partial charge on any atom is -0.383 e. The lowest BCUT2D eigenvalue weighted by Crippen LogP contribution is -2.32. The van der Waals surface area contributed by atoms with Crippen molar-refractivity contribution in [2.75, 3.05) is 53.6 Å². The molecule has 1 heterocycles. The molecule has 1 rings (SSSR count). The molecule has 0 saturated carbocycles. The van der Waals surface area contributed by atoms with Crippen molar-refractivity contribution < 1.29 is 9.47 Å². The van der Waals surface area contributed by atoms with Gasteiger partial charge in [-0.25, -0.2) is 0 Å². The number of methoxy groups -OCH3 is 1. The first kappa shape index (κ1) is 13.9. The van der Waals surface area contributed by atoms with E-state index in [0.717, 1.165) is 39.4 Å². The van der Waals surface area contributed by atoms with Gasteiger partial charge in [-0.05, 0) is 26.3 Å². The predicted octanol–water partition coefficient (Wildman–Crippen LogP) is 0.723. The SMILES string of the molecule is COCCNCCN(C)CCC1CCCO1.